The Morgan fingerprint density at radius 3 is 2.70 bits per heavy atom. The molecule has 4 heteroatoms. The molecule has 4 nitrogen and oxygen atoms in total. The van der Waals surface area contributed by atoms with Crippen LogP contribution in [0.25, 0.3) is 0 Å². The van der Waals surface area contributed by atoms with E-state index in [9.17, 15) is 0 Å². The lowest BCUT2D eigenvalue weighted by molar-refractivity contribution is -0.140. The van der Waals surface area contributed by atoms with Crippen molar-refractivity contribution in [3.8, 4) is 0 Å². The Bertz CT molecular complexity index is 282. The summed E-state index contributed by atoms with van der Waals surface area (Å²) in [5.41, 5.74) is 0.377. The molecule has 20 heavy (non-hydrogen) atoms. The Balaban J connectivity index is 1.78. The van der Waals surface area contributed by atoms with Gasteiger partial charge in [0, 0.05) is 46.1 Å². The summed E-state index contributed by atoms with van der Waals surface area (Å²) in [5, 5.41) is 3.77. The first-order valence-corrected chi connectivity index (χ1v) is 7.99. The summed E-state index contributed by atoms with van der Waals surface area (Å²) >= 11 is 0. The molecule has 2 aliphatic rings. The molecule has 1 unspecified atom stereocenters. The van der Waals surface area contributed by atoms with E-state index in [1.165, 1.54) is 0 Å². The lowest BCUT2D eigenvalue weighted by Gasteiger charge is -2.44. The second-order valence-electron chi connectivity index (χ2n) is 7.12. The molecule has 0 amide bonds. The molecule has 0 aromatic rings. The fourth-order valence-corrected chi connectivity index (χ4v) is 3.18. The number of nitrogens with one attached hydrogen (secondary N) is 1. The maximum Gasteiger partial charge on any atom is 0.0741 e. The van der Waals surface area contributed by atoms with Gasteiger partial charge in [0.2, 0.25) is 0 Å². The average molecular weight is 285 g/mol. The third-order valence-electron chi connectivity index (χ3n) is 4.75. The van der Waals surface area contributed by atoms with E-state index in [4.69, 9.17) is 14.2 Å². The van der Waals surface area contributed by atoms with E-state index in [2.05, 4.69) is 19.2 Å². The summed E-state index contributed by atoms with van der Waals surface area (Å²) in [6, 6.07) is 0.587. The van der Waals surface area contributed by atoms with E-state index in [1.807, 2.05) is 0 Å². The third kappa shape index (κ3) is 4.69. The fourth-order valence-electron chi connectivity index (χ4n) is 3.18. The van der Waals surface area contributed by atoms with Crippen molar-refractivity contribution in [2.75, 3.05) is 40.1 Å². The Hall–Kier alpha value is -0.160. The van der Waals surface area contributed by atoms with Crippen molar-refractivity contribution in [2.24, 2.45) is 5.41 Å². The van der Waals surface area contributed by atoms with Gasteiger partial charge < -0.3 is 19.5 Å². The number of hydrogen-bond acceptors (Lipinski definition) is 4. The highest BCUT2D eigenvalue weighted by Gasteiger charge is 2.39. The van der Waals surface area contributed by atoms with Crippen LogP contribution in [-0.2, 0) is 14.2 Å². The van der Waals surface area contributed by atoms with E-state index in [-0.39, 0.29) is 11.0 Å². The van der Waals surface area contributed by atoms with Gasteiger partial charge in [0.25, 0.3) is 0 Å². The molecule has 118 valence electrons. The van der Waals surface area contributed by atoms with Gasteiger partial charge in [0.15, 0.2) is 0 Å². The summed E-state index contributed by atoms with van der Waals surface area (Å²) in [5.74, 6) is 0. The van der Waals surface area contributed by atoms with E-state index in [0.717, 1.165) is 65.1 Å². The van der Waals surface area contributed by atoms with Gasteiger partial charge in [-0.1, -0.05) is 13.8 Å². The normalized spacial score (nSPS) is 26.9. The van der Waals surface area contributed by atoms with E-state index < -0.39 is 0 Å². The number of hydrogen-bond donors (Lipinski definition) is 1. The predicted molar refractivity (Wildman–Crippen MR) is 80.0 cm³/mol. The molecule has 1 spiro atoms. The Labute approximate surface area is 123 Å². The fraction of sp³-hybridized carbons (Fsp3) is 1.00. The van der Waals surface area contributed by atoms with Crippen LogP contribution in [0.15, 0.2) is 0 Å². The summed E-state index contributed by atoms with van der Waals surface area (Å²) in [4.78, 5) is 0. The molecular formula is C16H31NO3. The summed E-state index contributed by atoms with van der Waals surface area (Å²) < 4.78 is 16.8. The lowest BCUT2D eigenvalue weighted by Crippen LogP contribution is -2.51. The third-order valence-corrected chi connectivity index (χ3v) is 4.75. The monoisotopic (exact) mass is 285 g/mol. The Morgan fingerprint density at radius 1 is 1.25 bits per heavy atom. The van der Waals surface area contributed by atoms with Crippen LogP contribution in [0.4, 0.5) is 0 Å². The van der Waals surface area contributed by atoms with Crippen molar-refractivity contribution in [3.05, 3.63) is 0 Å². The van der Waals surface area contributed by atoms with Gasteiger partial charge in [-0.2, -0.15) is 0 Å². The van der Waals surface area contributed by atoms with Crippen LogP contribution < -0.4 is 5.32 Å². The molecule has 0 aromatic heterocycles. The largest absolute Gasteiger partial charge is 0.385 e. The smallest absolute Gasteiger partial charge is 0.0741 e. The van der Waals surface area contributed by atoms with Crippen molar-refractivity contribution in [1.29, 1.82) is 0 Å². The van der Waals surface area contributed by atoms with Crippen molar-refractivity contribution >= 4 is 0 Å². The van der Waals surface area contributed by atoms with Crippen LogP contribution in [-0.4, -0.2) is 51.7 Å². The number of rotatable bonds is 6. The molecule has 0 radical (unpaired) electrons. The highest BCUT2D eigenvalue weighted by molar-refractivity contribution is 4.92. The first kappa shape index (κ1) is 16.2. The van der Waals surface area contributed by atoms with Crippen molar-refractivity contribution in [1.82, 2.24) is 5.32 Å². The van der Waals surface area contributed by atoms with E-state index >= 15 is 0 Å². The predicted octanol–water partition coefficient (Wildman–Crippen LogP) is 2.37. The minimum atomic E-state index is 0.0881. The molecule has 0 saturated carbocycles. The van der Waals surface area contributed by atoms with Gasteiger partial charge in [0.05, 0.1) is 5.60 Å². The van der Waals surface area contributed by atoms with E-state index in [0.29, 0.717) is 6.04 Å². The standard InChI is InChI=1S/C16H31NO3/c1-15(2,5-9-18-3)13-17-14-4-8-20-16(12-14)6-10-19-11-7-16/h14,17H,4-13H2,1-3H3. The van der Waals surface area contributed by atoms with Crippen LogP contribution in [0, 0.1) is 5.41 Å². The van der Waals surface area contributed by atoms with E-state index in [1.54, 1.807) is 7.11 Å². The maximum absolute atomic E-state index is 6.09. The lowest BCUT2D eigenvalue weighted by atomic mass is 9.83. The second kappa shape index (κ2) is 7.21. The van der Waals surface area contributed by atoms with Crippen LogP contribution in [0.1, 0.15) is 46.0 Å². The second-order valence-corrected chi connectivity index (χ2v) is 7.12. The minimum Gasteiger partial charge on any atom is -0.385 e. The van der Waals surface area contributed by atoms with Crippen LogP contribution in [0.3, 0.4) is 0 Å². The maximum atomic E-state index is 6.09. The number of methoxy groups -OCH3 is 1. The van der Waals surface area contributed by atoms with Gasteiger partial charge >= 0.3 is 0 Å². The van der Waals surface area contributed by atoms with Crippen molar-refractivity contribution < 1.29 is 14.2 Å². The SMILES string of the molecule is COCCC(C)(C)CNC1CCOC2(CCOCC2)C1. The average Bonchev–Trinajstić information content (AvgIpc) is 2.44. The molecule has 0 aliphatic carbocycles. The van der Waals surface area contributed by atoms with Gasteiger partial charge in [-0.3, -0.25) is 0 Å². The highest BCUT2D eigenvalue weighted by atomic mass is 16.5. The quantitative estimate of drug-likeness (QED) is 0.813. The van der Waals surface area contributed by atoms with Crippen LogP contribution in [0.2, 0.25) is 0 Å². The molecule has 2 fully saturated rings. The Kier molecular flexibility index (Phi) is 5.84. The van der Waals surface area contributed by atoms with Gasteiger partial charge in [-0.15, -0.1) is 0 Å². The van der Waals surface area contributed by atoms with Gasteiger partial charge in [0.1, 0.15) is 0 Å². The zero-order chi connectivity index (χ0) is 14.5. The summed E-state index contributed by atoms with van der Waals surface area (Å²) in [6.07, 6.45) is 5.47. The van der Waals surface area contributed by atoms with Crippen LogP contribution >= 0.6 is 0 Å². The molecular weight excluding hydrogens is 254 g/mol. The minimum absolute atomic E-state index is 0.0881. The molecule has 1 N–H and O–H groups in total. The molecule has 0 aromatic carbocycles. The van der Waals surface area contributed by atoms with Crippen molar-refractivity contribution in [3.63, 3.8) is 0 Å². The molecule has 2 aliphatic heterocycles. The highest BCUT2D eigenvalue weighted by Crippen LogP contribution is 2.34. The zero-order valence-corrected chi connectivity index (χ0v) is 13.4. The summed E-state index contributed by atoms with van der Waals surface area (Å²) in [6.45, 7) is 9.09. The summed E-state index contributed by atoms with van der Waals surface area (Å²) in [7, 11) is 1.77. The molecule has 2 rings (SSSR count). The first-order chi connectivity index (χ1) is 9.55. The number of ether oxygens (including phenoxy) is 3. The van der Waals surface area contributed by atoms with Gasteiger partial charge in [-0.25, -0.2) is 0 Å². The van der Waals surface area contributed by atoms with Gasteiger partial charge in [-0.05, 0) is 37.5 Å². The Morgan fingerprint density at radius 2 is 2.00 bits per heavy atom. The first-order valence-electron chi connectivity index (χ1n) is 7.99. The molecule has 0 bridgehead atoms. The topological polar surface area (TPSA) is 39.7 Å². The molecule has 1 atom stereocenters. The van der Waals surface area contributed by atoms with Crippen molar-refractivity contribution in [2.45, 2.75) is 57.6 Å². The zero-order valence-electron chi connectivity index (χ0n) is 13.4. The van der Waals surface area contributed by atoms with Crippen LogP contribution in [0.5, 0.6) is 0 Å². The molecule has 2 heterocycles. The molecule has 2 saturated heterocycles.